The molecule has 0 heterocycles. The highest BCUT2D eigenvalue weighted by Crippen LogP contribution is 2.30. The molecule has 0 spiro atoms. The summed E-state index contributed by atoms with van der Waals surface area (Å²) in [6, 6.07) is 0. The zero-order chi connectivity index (χ0) is 9.84. The molecule has 1 saturated carbocycles. The highest BCUT2D eigenvalue weighted by atomic mass is 16.4. The summed E-state index contributed by atoms with van der Waals surface area (Å²) in [7, 11) is 0. The molecule has 1 amide bonds. The maximum atomic E-state index is 10.6. The maximum absolute atomic E-state index is 10.6. The van der Waals surface area contributed by atoms with E-state index in [0.717, 1.165) is 12.8 Å². The van der Waals surface area contributed by atoms with Crippen molar-refractivity contribution in [2.45, 2.75) is 26.2 Å². The second-order valence-electron chi connectivity index (χ2n) is 3.65. The molecule has 13 heavy (non-hydrogen) atoms. The molecule has 1 aliphatic carbocycles. The van der Waals surface area contributed by atoms with Crippen LogP contribution in [0.5, 0.6) is 0 Å². The van der Waals surface area contributed by atoms with Crippen LogP contribution < -0.4 is 5.32 Å². The first-order valence-corrected chi connectivity index (χ1v) is 4.57. The normalized spacial score (nSPS) is 27.2. The molecule has 2 atom stereocenters. The van der Waals surface area contributed by atoms with Gasteiger partial charge in [-0.05, 0) is 25.2 Å². The van der Waals surface area contributed by atoms with Gasteiger partial charge in [-0.3, -0.25) is 9.59 Å². The van der Waals surface area contributed by atoms with Gasteiger partial charge in [0.15, 0.2) is 0 Å². The van der Waals surface area contributed by atoms with Crippen LogP contribution in [-0.2, 0) is 9.59 Å². The number of nitrogens with one attached hydrogen (secondary N) is 1. The molecule has 0 aromatic carbocycles. The van der Waals surface area contributed by atoms with E-state index in [0.29, 0.717) is 18.9 Å². The second kappa shape index (κ2) is 4.25. The Bertz CT molecular complexity index is 215. The van der Waals surface area contributed by atoms with Crippen LogP contribution in [-0.4, -0.2) is 23.5 Å². The van der Waals surface area contributed by atoms with Gasteiger partial charge in [0.1, 0.15) is 0 Å². The van der Waals surface area contributed by atoms with Gasteiger partial charge >= 0.3 is 5.97 Å². The van der Waals surface area contributed by atoms with Crippen LogP contribution in [0, 0.1) is 11.8 Å². The van der Waals surface area contributed by atoms with Crippen LogP contribution in [0.1, 0.15) is 26.2 Å². The summed E-state index contributed by atoms with van der Waals surface area (Å²) < 4.78 is 0. The predicted octanol–water partition coefficient (Wildman–Crippen LogP) is 0.623. The van der Waals surface area contributed by atoms with E-state index in [1.807, 2.05) is 0 Å². The third kappa shape index (κ3) is 3.05. The summed E-state index contributed by atoms with van der Waals surface area (Å²) in [5, 5.41) is 11.4. The molecule has 2 N–H and O–H groups in total. The van der Waals surface area contributed by atoms with Crippen molar-refractivity contribution in [3.05, 3.63) is 0 Å². The topological polar surface area (TPSA) is 66.4 Å². The van der Waals surface area contributed by atoms with Crippen molar-refractivity contribution < 1.29 is 14.7 Å². The first-order chi connectivity index (χ1) is 6.09. The Hall–Kier alpha value is -1.06. The first-order valence-electron chi connectivity index (χ1n) is 4.57. The lowest BCUT2D eigenvalue weighted by Gasteiger charge is -2.09. The van der Waals surface area contributed by atoms with E-state index in [1.165, 1.54) is 6.92 Å². The smallest absolute Gasteiger partial charge is 0.306 e. The minimum atomic E-state index is -0.703. The monoisotopic (exact) mass is 185 g/mol. The number of carboxylic acids is 1. The molecule has 4 heteroatoms. The van der Waals surface area contributed by atoms with Crippen molar-refractivity contribution in [1.82, 2.24) is 5.32 Å². The number of aliphatic carboxylic acids is 1. The van der Waals surface area contributed by atoms with E-state index in [1.54, 1.807) is 0 Å². The minimum Gasteiger partial charge on any atom is -0.481 e. The Labute approximate surface area is 77.3 Å². The van der Waals surface area contributed by atoms with Crippen LogP contribution >= 0.6 is 0 Å². The van der Waals surface area contributed by atoms with Gasteiger partial charge < -0.3 is 10.4 Å². The summed E-state index contributed by atoms with van der Waals surface area (Å²) in [4.78, 5) is 21.2. The Morgan fingerprint density at radius 1 is 1.46 bits per heavy atom. The number of hydrogen-bond donors (Lipinski definition) is 2. The van der Waals surface area contributed by atoms with Crippen LogP contribution in [0.4, 0.5) is 0 Å². The molecule has 1 aliphatic rings. The van der Waals surface area contributed by atoms with E-state index in [2.05, 4.69) is 5.32 Å². The lowest BCUT2D eigenvalue weighted by Crippen LogP contribution is -2.26. The number of hydrogen-bond acceptors (Lipinski definition) is 2. The molecule has 0 saturated heterocycles. The van der Waals surface area contributed by atoms with Gasteiger partial charge in [0.2, 0.25) is 5.91 Å². The van der Waals surface area contributed by atoms with Crippen molar-refractivity contribution in [3.8, 4) is 0 Å². The average Bonchev–Trinajstić information content (AvgIpc) is 2.48. The fourth-order valence-electron chi connectivity index (χ4n) is 1.77. The SMILES string of the molecule is CC(=O)NC[C@@H]1CC[C@H](C(=O)O)C1. The summed E-state index contributed by atoms with van der Waals surface area (Å²) in [5.41, 5.74) is 0. The highest BCUT2D eigenvalue weighted by molar-refractivity contribution is 5.73. The molecule has 1 fully saturated rings. The number of rotatable bonds is 3. The van der Waals surface area contributed by atoms with Crippen LogP contribution in [0.25, 0.3) is 0 Å². The highest BCUT2D eigenvalue weighted by Gasteiger charge is 2.29. The van der Waals surface area contributed by atoms with Crippen molar-refractivity contribution in [1.29, 1.82) is 0 Å². The third-order valence-electron chi connectivity index (χ3n) is 2.53. The van der Waals surface area contributed by atoms with Gasteiger partial charge in [-0.2, -0.15) is 0 Å². The number of carboxylic acid groups (broad SMARTS) is 1. The number of carbonyl (C=O) groups is 2. The van der Waals surface area contributed by atoms with Gasteiger partial charge in [0.25, 0.3) is 0 Å². The van der Waals surface area contributed by atoms with Gasteiger partial charge in [0, 0.05) is 13.5 Å². The summed E-state index contributed by atoms with van der Waals surface area (Å²) >= 11 is 0. The molecule has 0 aromatic rings. The molecule has 4 nitrogen and oxygen atoms in total. The fourth-order valence-corrected chi connectivity index (χ4v) is 1.77. The molecule has 1 rings (SSSR count). The Balaban J connectivity index is 2.25. The lowest BCUT2D eigenvalue weighted by atomic mass is 10.1. The standard InChI is InChI=1S/C9H15NO3/c1-6(11)10-5-7-2-3-8(4-7)9(12)13/h7-8H,2-5H2,1H3,(H,10,11)(H,12,13)/t7-,8+/m1/s1. The Morgan fingerprint density at radius 2 is 2.15 bits per heavy atom. The maximum Gasteiger partial charge on any atom is 0.306 e. The van der Waals surface area contributed by atoms with Crippen molar-refractivity contribution >= 4 is 11.9 Å². The van der Waals surface area contributed by atoms with E-state index < -0.39 is 5.97 Å². The Kier molecular flexibility index (Phi) is 3.28. The van der Waals surface area contributed by atoms with Gasteiger partial charge in [0.05, 0.1) is 5.92 Å². The molecule has 74 valence electrons. The molecule has 0 aromatic heterocycles. The van der Waals surface area contributed by atoms with Crippen LogP contribution in [0.15, 0.2) is 0 Å². The zero-order valence-corrected chi connectivity index (χ0v) is 7.75. The van der Waals surface area contributed by atoms with Crippen molar-refractivity contribution in [2.75, 3.05) is 6.54 Å². The van der Waals surface area contributed by atoms with Gasteiger partial charge in [-0.25, -0.2) is 0 Å². The largest absolute Gasteiger partial charge is 0.481 e. The van der Waals surface area contributed by atoms with Crippen LogP contribution in [0.2, 0.25) is 0 Å². The average molecular weight is 185 g/mol. The minimum absolute atomic E-state index is 0.0428. The van der Waals surface area contributed by atoms with Gasteiger partial charge in [-0.1, -0.05) is 0 Å². The second-order valence-corrected chi connectivity index (χ2v) is 3.65. The molecule has 0 aliphatic heterocycles. The van der Waals surface area contributed by atoms with Crippen LogP contribution in [0.3, 0.4) is 0 Å². The summed E-state index contributed by atoms with van der Waals surface area (Å²) in [5.74, 6) is -0.590. The quantitative estimate of drug-likeness (QED) is 0.677. The molecular weight excluding hydrogens is 170 g/mol. The lowest BCUT2D eigenvalue weighted by molar-refractivity contribution is -0.141. The third-order valence-corrected chi connectivity index (χ3v) is 2.53. The summed E-state index contributed by atoms with van der Waals surface area (Å²) in [6.45, 7) is 2.10. The fraction of sp³-hybridized carbons (Fsp3) is 0.778. The van der Waals surface area contributed by atoms with E-state index in [4.69, 9.17) is 5.11 Å². The molecule has 0 radical (unpaired) electrons. The van der Waals surface area contributed by atoms with Crippen molar-refractivity contribution in [3.63, 3.8) is 0 Å². The molecule has 0 bridgehead atoms. The number of amides is 1. The van der Waals surface area contributed by atoms with E-state index in [9.17, 15) is 9.59 Å². The molecule has 0 unspecified atom stereocenters. The first kappa shape index (κ1) is 10.0. The van der Waals surface area contributed by atoms with E-state index in [-0.39, 0.29) is 11.8 Å². The van der Waals surface area contributed by atoms with Crippen molar-refractivity contribution in [2.24, 2.45) is 11.8 Å². The summed E-state index contributed by atoms with van der Waals surface area (Å²) in [6.07, 6.45) is 2.37. The Morgan fingerprint density at radius 3 is 2.62 bits per heavy atom. The van der Waals surface area contributed by atoms with Gasteiger partial charge in [-0.15, -0.1) is 0 Å². The predicted molar refractivity (Wildman–Crippen MR) is 47.2 cm³/mol. The molecular formula is C9H15NO3. The van der Waals surface area contributed by atoms with E-state index >= 15 is 0 Å². The zero-order valence-electron chi connectivity index (χ0n) is 7.75. The number of carbonyl (C=O) groups excluding carboxylic acids is 1.